The largest absolute Gasteiger partial charge is 0.467 e. The first kappa shape index (κ1) is 21.1. The van der Waals surface area contributed by atoms with Crippen molar-refractivity contribution in [2.45, 2.75) is 32.0 Å². The van der Waals surface area contributed by atoms with E-state index in [1.54, 1.807) is 24.5 Å². The molecule has 0 unspecified atom stereocenters. The van der Waals surface area contributed by atoms with Gasteiger partial charge in [-0.15, -0.1) is 0 Å². The molecule has 0 radical (unpaired) electrons. The second-order valence-electron chi connectivity index (χ2n) is 8.40. The molecule has 5 rings (SSSR count). The van der Waals surface area contributed by atoms with Crippen molar-refractivity contribution < 1.29 is 18.7 Å². The van der Waals surface area contributed by atoms with Gasteiger partial charge in [0, 0.05) is 31.2 Å². The molecule has 168 valence electrons. The van der Waals surface area contributed by atoms with Crippen molar-refractivity contribution in [3.63, 3.8) is 0 Å². The summed E-state index contributed by atoms with van der Waals surface area (Å²) < 4.78 is 16.4. The van der Waals surface area contributed by atoms with E-state index in [0.29, 0.717) is 29.2 Å². The Morgan fingerprint density at radius 2 is 1.91 bits per heavy atom. The molecule has 2 aromatic carbocycles. The summed E-state index contributed by atoms with van der Waals surface area (Å²) >= 11 is 0. The molecular formula is C26H25N3O4. The Labute approximate surface area is 192 Å². The third-order valence-electron chi connectivity index (χ3n) is 6.25. The van der Waals surface area contributed by atoms with Gasteiger partial charge in [-0.2, -0.15) is 5.26 Å². The van der Waals surface area contributed by atoms with Crippen LogP contribution in [0.15, 0.2) is 65.3 Å². The number of hydrogen-bond donors (Lipinski definition) is 0. The third-order valence-corrected chi connectivity index (χ3v) is 6.25. The van der Waals surface area contributed by atoms with Crippen LogP contribution in [0.3, 0.4) is 0 Å². The molecule has 1 aromatic heterocycles. The van der Waals surface area contributed by atoms with Crippen molar-refractivity contribution in [1.29, 1.82) is 5.26 Å². The lowest BCUT2D eigenvalue weighted by atomic mass is 10.0. The van der Waals surface area contributed by atoms with E-state index < -0.39 is 0 Å². The Hall–Kier alpha value is -3.76. The molecule has 0 N–H and O–H groups in total. The smallest absolute Gasteiger partial charge is 0.254 e. The van der Waals surface area contributed by atoms with Gasteiger partial charge in [0.05, 0.1) is 24.4 Å². The Morgan fingerprint density at radius 3 is 2.70 bits per heavy atom. The highest BCUT2D eigenvalue weighted by Gasteiger charge is 2.30. The minimum Gasteiger partial charge on any atom is -0.467 e. The van der Waals surface area contributed by atoms with Crippen LogP contribution in [0.4, 0.5) is 0 Å². The lowest BCUT2D eigenvalue weighted by Gasteiger charge is -2.38. The minimum absolute atomic E-state index is 0.0372. The lowest BCUT2D eigenvalue weighted by Crippen LogP contribution is -2.46. The van der Waals surface area contributed by atoms with E-state index in [1.807, 2.05) is 35.2 Å². The SMILES string of the molecule is N#Cc1cccc(CN2CCC(N(Cc3ccco3)C(=O)c3ccc4c(c3)OCO4)CC2)c1. The standard InChI is InChI=1S/C26H25N3O4/c27-15-19-3-1-4-20(13-19)16-28-10-8-22(9-11-28)29(17-23-5-2-12-31-23)26(30)21-6-7-24-25(14-21)33-18-32-24/h1-7,12-14,22H,8-11,16-18H2. The van der Waals surface area contributed by atoms with Gasteiger partial charge >= 0.3 is 0 Å². The zero-order valence-electron chi connectivity index (χ0n) is 18.3. The fraction of sp³-hybridized carbons (Fsp3) is 0.308. The van der Waals surface area contributed by atoms with Gasteiger partial charge in [-0.25, -0.2) is 0 Å². The van der Waals surface area contributed by atoms with Gasteiger partial charge in [0.1, 0.15) is 5.76 Å². The Balaban J connectivity index is 1.29. The number of carbonyl (C=O) groups is 1. The number of amides is 1. The van der Waals surface area contributed by atoms with E-state index in [-0.39, 0.29) is 18.7 Å². The van der Waals surface area contributed by atoms with Gasteiger partial charge in [-0.3, -0.25) is 9.69 Å². The van der Waals surface area contributed by atoms with Crippen LogP contribution in [0.2, 0.25) is 0 Å². The maximum absolute atomic E-state index is 13.6. The molecule has 3 heterocycles. The van der Waals surface area contributed by atoms with E-state index in [2.05, 4.69) is 17.0 Å². The quantitative estimate of drug-likeness (QED) is 0.569. The van der Waals surface area contributed by atoms with Crippen LogP contribution in [0.25, 0.3) is 0 Å². The average molecular weight is 444 g/mol. The summed E-state index contributed by atoms with van der Waals surface area (Å²) in [6.45, 7) is 3.17. The summed E-state index contributed by atoms with van der Waals surface area (Å²) in [6, 6.07) is 19.1. The summed E-state index contributed by atoms with van der Waals surface area (Å²) in [6.07, 6.45) is 3.38. The van der Waals surface area contributed by atoms with Crippen molar-refractivity contribution in [2.75, 3.05) is 19.9 Å². The maximum atomic E-state index is 13.6. The number of benzene rings is 2. The number of hydrogen-bond acceptors (Lipinski definition) is 6. The topological polar surface area (TPSA) is 78.9 Å². The Morgan fingerprint density at radius 1 is 1.06 bits per heavy atom. The van der Waals surface area contributed by atoms with Crippen molar-refractivity contribution >= 4 is 5.91 Å². The number of fused-ring (bicyclic) bond motifs is 1. The van der Waals surface area contributed by atoms with Crippen LogP contribution in [0.5, 0.6) is 11.5 Å². The molecule has 33 heavy (non-hydrogen) atoms. The third kappa shape index (κ3) is 4.71. The highest BCUT2D eigenvalue weighted by molar-refractivity contribution is 5.95. The molecule has 7 heteroatoms. The molecule has 0 aliphatic carbocycles. The number of nitrogens with zero attached hydrogens (tertiary/aromatic N) is 3. The summed E-state index contributed by atoms with van der Waals surface area (Å²) in [4.78, 5) is 17.9. The molecule has 0 bridgehead atoms. The number of rotatable bonds is 6. The average Bonchev–Trinajstić information content (AvgIpc) is 3.54. The van der Waals surface area contributed by atoms with E-state index in [1.165, 1.54) is 0 Å². The van der Waals surface area contributed by atoms with Crippen molar-refractivity contribution in [3.8, 4) is 17.6 Å². The van der Waals surface area contributed by atoms with Gasteiger partial charge in [-0.1, -0.05) is 12.1 Å². The second kappa shape index (κ2) is 9.39. The first-order valence-corrected chi connectivity index (χ1v) is 11.1. The summed E-state index contributed by atoms with van der Waals surface area (Å²) in [5.41, 5.74) is 2.40. The normalized spacial score (nSPS) is 15.8. The van der Waals surface area contributed by atoms with E-state index in [0.717, 1.165) is 43.8 Å². The zero-order valence-corrected chi connectivity index (χ0v) is 18.3. The van der Waals surface area contributed by atoms with Gasteiger partial charge in [0.2, 0.25) is 6.79 Å². The highest BCUT2D eigenvalue weighted by atomic mass is 16.7. The van der Waals surface area contributed by atoms with Gasteiger partial charge in [0.25, 0.3) is 5.91 Å². The molecule has 0 atom stereocenters. The number of likely N-dealkylation sites (tertiary alicyclic amines) is 1. The zero-order chi connectivity index (χ0) is 22.6. The molecule has 3 aromatic rings. The Kier molecular flexibility index (Phi) is 6.01. The number of nitriles is 1. The predicted molar refractivity (Wildman–Crippen MR) is 121 cm³/mol. The number of piperidine rings is 1. The van der Waals surface area contributed by atoms with Gasteiger partial charge < -0.3 is 18.8 Å². The van der Waals surface area contributed by atoms with E-state index >= 15 is 0 Å². The minimum atomic E-state index is -0.0372. The van der Waals surface area contributed by atoms with Crippen LogP contribution in [0.1, 0.15) is 40.1 Å². The van der Waals surface area contributed by atoms with Crippen molar-refractivity contribution in [2.24, 2.45) is 0 Å². The highest BCUT2D eigenvalue weighted by Crippen LogP contribution is 2.33. The predicted octanol–water partition coefficient (Wildman–Crippen LogP) is 4.19. The Bertz CT molecular complexity index is 1160. The van der Waals surface area contributed by atoms with Gasteiger partial charge in [0.15, 0.2) is 11.5 Å². The number of furan rings is 1. The maximum Gasteiger partial charge on any atom is 0.254 e. The fourth-order valence-electron chi connectivity index (χ4n) is 4.52. The molecule has 0 saturated carbocycles. The van der Waals surface area contributed by atoms with E-state index in [4.69, 9.17) is 19.2 Å². The first-order valence-electron chi connectivity index (χ1n) is 11.1. The van der Waals surface area contributed by atoms with Crippen LogP contribution >= 0.6 is 0 Å². The summed E-state index contributed by atoms with van der Waals surface area (Å²) in [5, 5.41) is 9.14. The molecular weight excluding hydrogens is 418 g/mol. The lowest BCUT2D eigenvalue weighted by molar-refractivity contribution is 0.0523. The van der Waals surface area contributed by atoms with Crippen LogP contribution in [-0.2, 0) is 13.1 Å². The summed E-state index contributed by atoms with van der Waals surface area (Å²) in [5.74, 6) is 2.00. The molecule has 7 nitrogen and oxygen atoms in total. The molecule has 2 aliphatic rings. The molecule has 1 fully saturated rings. The molecule has 2 aliphatic heterocycles. The van der Waals surface area contributed by atoms with Gasteiger partial charge in [-0.05, 0) is 60.9 Å². The van der Waals surface area contributed by atoms with E-state index in [9.17, 15) is 4.79 Å². The van der Waals surface area contributed by atoms with Crippen LogP contribution < -0.4 is 9.47 Å². The van der Waals surface area contributed by atoms with Crippen LogP contribution in [0, 0.1) is 11.3 Å². The van der Waals surface area contributed by atoms with Crippen molar-refractivity contribution in [3.05, 3.63) is 83.3 Å². The second-order valence-corrected chi connectivity index (χ2v) is 8.40. The summed E-state index contributed by atoms with van der Waals surface area (Å²) in [7, 11) is 0. The monoisotopic (exact) mass is 443 g/mol. The number of carbonyl (C=O) groups excluding carboxylic acids is 1. The molecule has 1 amide bonds. The molecule has 1 saturated heterocycles. The molecule has 0 spiro atoms. The number of ether oxygens (including phenoxy) is 2. The van der Waals surface area contributed by atoms with Crippen molar-refractivity contribution in [1.82, 2.24) is 9.80 Å². The fourth-order valence-corrected chi connectivity index (χ4v) is 4.52. The first-order chi connectivity index (χ1) is 16.2. The van der Waals surface area contributed by atoms with Crippen LogP contribution in [-0.4, -0.2) is 41.6 Å².